The molecule has 0 atom stereocenters. The Kier molecular flexibility index (Phi) is 5.27. The monoisotopic (exact) mass is 373 g/mol. The van der Waals surface area contributed by atoms with E-state index in [1.54, 1.807) is 36.4 Å². The first-order chi connectivity index (χ1) is 12.0. The van der Waals surface area contributed by atoms with Gasteiger partial charge in [-0.1, -0.05) is 35.9 Å². The number of rotatable bonds is 5. The van der Waals surface area contributed by atoms with Crippen molar-refractivity contribution in [2.45, 2.75) is 6.92 Å². The third-order valence-corrected chi connectivity index (χ3v) is 5.08. The standard InChI is InChI=1S/C19H16ClNO3S/c1-12-3-2-4-15(11-12)21-18(23)16(13-5-7-14(20)8-6-13)17(19(21)24)25-10-9-22/h2-8,11,22H,9-10H2,1H3. The van der Waals surface area contributed by atoms with E-state index >= 15 is 0 Å². The van der Waals surface area contributed by atoms with Crippen molar-refractivity contribution in [3.63, 3.8) is 0 Å². The van der Waals surface area contributed by atoms with Gasteiger partial charge in [0.25, 0.3) is 11.8 Å². The Morgan fingerprint density at radius 2 is 1.80 bits per heavy atom. The molecule has 0 aliphatic carbocycles. The number of amides is 2. The van der Waals surface area contributed by atoms with Gasteiger partial charge in [-0.25, -0.2) is 4.90 Å². The van der Waals surface area contributed by atoms with Gasteiger partial charge < -0.3 is 5.11 Å². The molecule has 1 aliphatic rings. The zero-order valence-corrected chi connectivity index (χ0v) is 15.1. The number of imide groups is 1. The quantitative estimate of drug-likeness (QED) is 0.812. The maximum Gasteiger partial charge on any atom is 0.272 e. The lowest BCUT2D eigenvalue weighted by molar-refractivity contribution is -0.119. The molecule has 0 spiro atoms. The molecule has 2 amide bonds. The Hall–Kier alpha value is -2.08. The smallest absolute Gasteiger partial charge is 0.272 e. The molecule has 1 N–H and O–H groups in total. The van der Waals surface area contributed by atoms with E-state index < -0.39 is 0 Å². The largest absolute Gasteiger partial charge is 0.396 e. The van der Waals surface area contributed by atoms with Crippen molar-refractivity contribution in [2.24, 2.45) is 0 Å². The Bertz CT molecular complexity index is 861. The van der Waals surface area contributed by atoms with Gasteiger partial charge in [0.05, 0.1) is 22.8 Å². The summed E-state index contributed by atoms with van der Waals surface area (Å²) in [6.45, 7) is 1.83. The predicted octanol–water partition coefficient (Wildman–Crippen LogP) is 3.66. The Balaban J connectivity index is 2.07. The summed E-state index contributed by atoms with van der Waals surface area (Å²) in [5.41, 5.74) is 2.49. The zero-order valence-electron chi connectivity index (χ0n) is 13.5. The minimum absolute atomic E-state index is 0.0754. The lowest BCUT2D eigenvalue weighted by Crippen LogP contribution is -2.31. The van der Waals surface area contributed by atoms with E-state index in [0.717, 1.165) is 5.56 Å². The number of thioether (sulfide) groups is 1. The molecule has 0 aromatic heterocycles. The summed E-state index contributed by atoms with van der Waals surface area (Å²) < 4.78 is 0. The number of carbonyl (C=O) groups is 2. The summed E-state index contributed by atoms with van der Waals surface area (Å²) in [5, 5.41) is 9.68. The fourth-order valence-corrected chi connectivity index (χ4v) is 3.65. The number of nitrogens with zero attached hydrogens (tertiary/aromatic N) is 1. The fraction of sp³-hybridized carbons (Fsp3) is 0.158. The fourth-order valence-electron chi connectivity index (χ4n) is 2.66. The second kappa shape index (κ2) is 7.44. The molecule has 25 heavy (non-hydrogen) atoms. The molecule has 2 aromatic carbocycles. The number of carbonyl (C=O) groups excluding carboxylic acids is 2. The Morgan fingerprint density at radius 1 is 1.08 bits per heavy atom. The number of hydrogen-bond acceptors (Lipinski definition) is 4. The third kappa shape index (κ3) is 3.49. The third-order valence-electron chi connectivity index (χ3n) is 3.77. The number of aliphatic hydroxyl groups is 1. The molecule has 2 aromatic rings. The van der Waals surface area contributed by atoms with Gasteiger partial charge in [-0.15, -0.1) is 11.8 Å². The van der Waals surface area contributed by atoms with Crippen molar-refractivity contribution in [2.75, 3.05) is 17.3 Å². The molecule has 3 rings (SSSR count). The molecule has 4 nitrogen and oxygen atoms in total. The van der Waals surface area contributed by atoms with Gasteiger partial charge in [0.1, 0.15) is 0 Å². The molecule has 0 unspecified atom stereocenters. The summed E-state index contributed by atoms with van der Waals surface area (Å²) in [6, 6.07) is 14.1. The molecule has 1 heterocycles. The van der Waals surface area contributed by atoms with Crippen LogP contribution in [0.2, 0.25) is 5.02 Å². The van der Waals surface area contributed by atoms with E-state index in [1.807, 2.05) is 19.1 Å². The molecule has 0 radical (unpaired) electrons. The highest BCUT2D eigenvalue weighted by molar-refractivity contribution is 8.04. The highest BCUT2D eigenvalue weighted by Crippen LogP contribution is 2.38. The molecule has 0 fully saturated rings. The molecular formula is C19H16ClNO3S. The average molecular weight is 374 g/mol. The minimum Gasteiger partial charge on any atom is -0.396 e. The van der Waals surface area contributed by atoms with E-state index in [-0.39, 0.29) is 18.4 Å². The molecule has 0 bridgehead atoms. The summed E-state index contributed by atoms with van der Waals surface area (Å²) in [4.78, 5) is 27.5. The topological polar surface area (TPSA) is 57.6 Å². The molecule has 0 saturated carbocycles. The van der Waals surface area contributed by atoms with E-state index in [9.17, 15) is 9.59 Å². The highest BCUT2D eigenvalue weighted by atomic mass is 35.5. The van der Waals surface area contributed by atoms with Crippen LogP contribution in [0.5, 0.6) is 0 Å². The van der Waals surface area contributed by atoms with Crippen molar-refractivity contribution < 1.29 is 14.7 Å². The van der Waals surface area contributed by atoms with Crippen LogP contribution < -0.4 is 4.90 Å². The van der Waals surface area contributed by atoms with E-state index in [4.69, 9.17) is 16.7 Å². The van der Waals surface area contributed by atoms with Crippen LogP contribution in [0.4, 0.5) is 5.69 Å². The van der Waals surface area contributed by atoms with Crippen LogP contribution in [0.1, 0.15) is 11.1 Å². The first-order valence-electron chi connectivity index (χ1n) is 7.72. The molecule has 128 valence electrons. The molecule has 1 aliphatic heterocycles. The van der Waals surface area contributed by atoms with Gasteiger partial charge in [0.15, 0.2) is 0 Å². The van der Waals surface area contributed by atoms with Gasteiger partial charge in [-0.3, -0.25) is 9.59 Å². The number of hydrogen-bond donors (Lipinski definition) is 1. The van der Waals surface area contributed by atoms with Crippen molar-refractivity contribution in [1.82, 2.24) is 0 Å². The normalized spacial score (nSPS) is 14.6. The van der Waals surface area contributed by atoms with Crippen molar-refractivity contribution in [3.05, 3.63) is 69.6 Å². The van der Waals surface area contributed by atoms with Crippen LogP contribution in [0, 0.1) is 6.92 Å². The lowest BCUT2D eigenvalue weighted by Gasteiger charge is -2.15. The minimum atomic E-state index is -0.363. The van der Waals surface area contributed by atoms with Crippen molar-refractivity contribution in [3.8, 4) is 0 Å². The second-order valence-corrected chi connectivity index (χ2v) is 7.11. The van der Waals surface area contributed by atoms with Gasteiger partial charge in [0.2, 0.25) is 0 Å². The van der Waals surface area contributed by atoms with Gasteiger partial charge in [-0.05, 0) is 42.3 Å². The van der Waals surface area contributed by atoms with Gasteiger partial charge in [-0.2, -0.15) is 0 Å². The van der Waals surface area contributed by atoms with E-state index in [0.29, 0.717) is 32.5 Å². The van der Waals surface area contributed by atoms with Crippen LogP contribution in [-0.4, -0.2) is 29.3 Å². The number of aryl methyl sites for hydroxylation is 1. The van der Waals surface area contributed by atoms with Crippen LogP contribution in [-0.2, 0) is 9.59 Å². The predicted molar refractivity (Wildman–Crippen MR) is 102 cm³/mol. The second-order valence-electron chi connectivity index (χ2n) is 5.57. The molecule has 0 saturated heterocycles. The van der Waals surface area contributed by atoms with Gasteiger partial charge in [0, 0.05) is 10.8 Å². The van der Waals surface area contributed by atoms with E-state index in [1.165, 1.54) is 16.7 Å². The summed E-state index contributed by atoms with van der Waals surface area (Å²) in [7, 11) is 0. The summed E-state index contributed by atoms with van der Waals surface area (Å²) in [5.74, 6) is -0.384. The Morgan fingerprint density at radius 3 is 2.44 bits per heavy atom. The van der Waals surface area contributed by atoms with Crippen LogP contribution >= 0.6 is 23.4 Å². The number of halogens is 1. The zero-order chi connectivity index (χ0) is 18.0. The van der Waals surface area contributed by atoms with Gasteiger partial charge >= 0.3 is 0 Å². The number of benzene rings is 2. The molecular weight excluding hydrogens is 358 g/mol. The Labute approximate surface area is 155 Å². The first-order valence-corrected chi connectivity index (χ1v) is 9.08. The van der Waals surface area contributed by atoms with Crippen molar-refractivity contribution in [1.29, 1.82) is 0 Å². The lowest BCUT2D eigenvalue weighted by atomic mass is 10.1. The highest BCUT2D eigenvalue weighted by Gasteiger charge is 2.40. The number of aliphatic hydroxyl groups excluding tert-OH is 1. The maximum absolute atomic E-state index is 13.0. The van der Waals surface area contributed by atoms with Crippen LogP contribution in [0.15, 0.2) is 53.4 Å². The SMILES string of the molecule is Cc1cccc(N2C(=O)C(SCCO)=C(c3ccc(Cl)cc3)C2=O)c1. The average Bonchev–Trinajstić information content (AvgIpc) is 2.84. The van der Waals surface area contributed by atoms with Crippen LogP contribution in [0.3, 0.4) is 0 Å². The summed E-state index contributed by atoms with van der Waals surface area (Å²) in [6.07, 6.45) is 0. The summed E-state index contributed by atoms with van der Waals surface area (Å²) >= 11 is 7.12. The molecule has 6 heteroatoms. The van der Waals surface area contributed by atoms with Crippen molar-refractivity contribution >= 4 is 46.4 Å². The van der Waals surface area contributed by atoms with E-state index in [2.05, 4.69) is 0 Å². The number of anilines is 1. The maximum atomic E-state index is 13.0. The van der Waals surface area contributed by atoms with Crippen LogP contribution in [0.25, 0.3) is 5.57 Å². The first kappa shape index (κ1) is 17.7.